The zero-order chi connectivity index (χ0) is 9.78. The van der Waals surface area contributed by atoms with Gasteiger partial charge in [-0.3, -0.25) is 0 Å². The zero-order valence-electron chi connectivity index (χ0n) is 9.06. The molecule has 0 heterocycles. The molecule has 0 aliphatic heterocycles. The van der Waals surface area contributed by atoms with Gasteiger partial charge in [-0.25, -0.2) is 0 Å². The molecule has 0 fully saturated rings. The van der Waals surface area contributed by atoms with E-state index < -0.39 is 0 Å². The average Bonchev–Trinajstić information content (AvgIpc) is 2.16. The van der Waals surface area contributed by atoms with Gasteiger partial charge in [-0.15, -0.1) is 0 Å². The zero-order valence-corrected chi connectivity index (χ0v) is 9.06. The minimum absolute atomic E-state index is 0.840. The van der Waals surface area contributed by atoms with Crippen LogP contribution in [-0.4, -0.2) is 19.8 Å². The quantitative estimate of drug-likeness (QED) is 0.534. The van der Waals surface area contributed by atoms with Crippen LogP contribution >= 0.6 is 0 Å². The molecule has 0 aromatic carbocycles. The third-order valence-electron chi connectivity index (χ3n) is 2.14. The third-order valence-corrected chi connectivity index (χ3v) is 2.14. The van der Waals surface area contributed by atoms with Crippen LogP contribution in [0.4, 0.5) is 0 Å². The number of nitrogens with two attached hydrogens (primary N) is 1. The Bertz CT molecular complexity index is 76.2. The predicted molar refractivity (Wildman–Crippen MR) is 57.9 cm³/mol. The number of rotatable bonds is 10. The molecule has 0 rings (SSSR count). The first kappa shape index (κ1) is 12.9. The molecule has 0 aliphatic carbocycles. The van der Waals surface area contributed by atoms with E-state index in [0.29, 0.717) is 0 Å². The maximum absolute atomic E-state index is 5.46. The van der Waals surface area contributed by atoms with Crippen LogP contribution in [-0.2, 0) is 4.74 Å². The van der Waals surface area contributed by atoms with Crippen LogP contribution in [0.25, 0.3) is 0 Å². The molecule has 0 spiro atoms. The first-order chi connectivity index (χ1) is 6.41. The molecule has 0 saturated carbocycles. The monoisotopic (exact) mass is 187 g/mol. The smallest absolute Gasteiger partial charge is 0.0466 e. The summed E-state index contributed by atoms with van der Waals surface area (Å²) in [5.74, 6) is 0. The first-order valence-corrected chi connectivity index (χ1v) is 5.69. The van der Waals surface area contributed by atoms with Crippen molar-refractivity contribution in [1.82, 2.24) is 0 Å². The van der Waals surface area contributed by atoms with Gasteiger partial charge in [0.2, 0.25) is 0 Å². The summed E-state index contributed by atoms with van der Waals surface area (Å²) in [5.41, 5.74) is 5.40. The molecule has 0 saturated heterocycles. The van der Waals surface area contributed by atoms with E-state index in [1.807, 2.05) is 0 Å². The van der Waals surface area contributed by atoms with Gasteiger partial charge in [-0.05, 0) is 25.8 Å². The molecule has 2 N–H and O–H groups in total. The van der Waals surface area contributed by atoms with Crippen molar-refractivity contribution in [2.24, 2.45) is 5.73 Å². The summed E-state index contributed by atoms with van der Waals surface area (Å²) in [4.78, 5) is 0. The Labute approximate surface area is 82.8 Å². The molecule has 13 heavy (non-hydrogen) atoms. The van der Waals surface area contributed by atoms with E-state index in [0.717, 1.165) is 19.8 Å². The van der Waals surface area contributed by atoms with Crippen LogP contribution in [0.5, 0.6) is 0 Å². The maximum Gasteiger partial charge on any atom is 0.0466 e. The second kappa shape index (κ2) is 11.9. The first-order valence-electron chi connectivity index (χ1n) is 5.69. The second-order valence-corrected chi connectivity index (χ2v) is 3.52. The lowest BCUT2D eigenvalue weighted by Crippen LogP contribution is -1.99. The summed E-state index contributed by atoms with van der Waals surface area (Å²) in [6, 6.07) is 0. The lowest BCUT2D eigenvalue weighted by Gasteiger charge is -2.02. The van der Waals surface area contributed by atoms with Gasteiger partial charge in [0.15, 0.2) is 0 Å². The Morgan fingerprint density at radius 3 is 2.15 bits per heavy atom. The largest absolute Gasteiger partial charge is 0.381 e. The fraction of sp³-hybridized carbons (Fsp3) is 1.00. The van der Waals surface area contributed by atoms with E-state index in [9.17, 15) is 0 Å². The Morgan fingerprint density at radius 1 is 0.846 bits per heavy atom. The van der Waals surface area contributed by atoms with E-state index in [1.165, 1.54) is 44.9 Å². The summed E-state index contributed by atoms with van der Waals surface area (Å²) in [6.45, 7) is 4.92. The van der Waals surface area contributed by atoms with Crippen LogP contribution in [0.3, 0.4) is 0 Å². The molecule has 0 aromatic rings. The van der Waals surface area contributed by atoms with Gasteiger partial charge >= 0.3 is 0 Å². The number of unbranched alkanes of at least 4 members (excludes halogenated alkanes) is 5. The molecule has 0 aliphatic rings. The van der Waals surface area contributed by atoms with E-state index in [2.05, 4.69) is 6.92 Å². The molecule has 0 radical (unpaired) electrons. The van der Waals surface area contributed by atoms with Crippen LogP contribution < -0.4 is 5.73 Å². The molecule has 0 amide bonds. The number of hydrogen-bond donors (Lipinski definition) is 1. The Balaban J connectivity index is 2.76. The third kappa shape index (κ3) is 11.9. The van der Waals surface area contributed by atoms with Crippen molar-refractivity contribution in [2.75, 3.05) is 19.8 Å². The molecule has 0 aromatic heterocycles. The highest BCUT2D eigenvalue weighted by molar-refractivity contribution is 4.44. The van der Waals surface area contributed by atoms with E-state index in [4.69, 9.17) is 10.5 Å². The van der Waals surface area contributed by atoms with Crippen LogP contribution in [0.15, 0.2) is 0 Å². The van der Waals surface area contributed by atoms with Gasteiger partial charge in [-0.2, -0.15) is 0 Å². The normalized spacial score (nSPS) is 10.6. The fourth-order valence-electron chi connectivity index (χ4n) is 1.23. The van der Waals surface area contributed by atoms with Gasteiger partial charge < -0.3 is 10.5 Å². The molecule has 0 bridgehead atoms. The predicted octanol–water partition coefficient (Wildman–Crippen LogP) is 2.71. The van der Waals surface area contributed by atoms with Crippen LogP contribution in [0, 0.1) is 0 Å². The van der Waals surface area contributed by atoms with Crippen LogP contribution in [0.1, 0.15) is 51.9 Å². The lowest BCUT2D eigenvalue weighted by atomic mass is 10.1. The number of ether oxygens (including phenoxy) is 1. The standard InChI is InChI=1S/C11H25NO/c1-2-3-10-13-11-8-6-4-5-7-9-12/h2-12H2,1H3. The Hall–Kier alpha value is -0.0800. The van der Waals surface area contributed by atoms with E-state index in [-0.39, 0.29) is 0 Å². The SMILES string of the molecule is CCCCOCCCCCCCN. The molecular weight excluding hydrogens is 162 g/mol. The summed E-state index contributed by atoms with van der Waals surface area (Å²) >= 11 is 0. The highest BCUT2D eigenvalue weighted by atomic mass is 16.5. The summed E-state index contributed by atoms with van der Waals surface area (Å²) in [5, 5.41) is 0. The molecule has 0 atom stereocenters. The highest BCUT2D eigenvalue weighted by Gasteiger charge is 1.90. The van der Waals surface area contributed by atoms with Gasteiger partial charge in [0.25, 0.3) is 0 Å². The maximum atomic E-state index is 5.46. The van der Waals surface area contributed by atoms with E-state index >= 15 is 0 Å². The Kier molecular flexibility index (Phi) is 11.8. The second-order valence-electron chi connectivity index (χ2n) is 3.52. The number of hydrogen-bond acceptors (Lipinski definition) is 2. The van der Waals surface area contributed by atoms with Gasteiger partial charge in [0.05, 0.1) is 0 Å². The highest BCUT2D eigenvalue weighted by Crippen LogP contribution is 2.02. The van der Waals surface area contributed by atoms with Gasteiger partial charge in [0.1, 0.15) is 0 Å². The van der Waals surface area contributed by atoms with Crippen molar-refractivity contribution >= 4 is 0 Å². The Morgan fingerprint density at radius 2 is 1.46 bits per heavy atom. The summed E-state index contributed by atoms with van der Waals surface area (Å²) in [7, 11) is 0. The summed E-state index contributed by atoms with van der Waals surface area (Å²) in [6.07, 6.45) is 8.72. The molecular formula is C11H25NO. The van der Waals surface area contributed by atoms with Crippen molar-refractivity contribution in [2.45, 2.75) is 51.9 Å². The molecule has 2 heteroatoms. The average molecular weight is 187 g/mol. The minimum atomic E-state index is 0.840. The van der Waals surface area contributed by atoms with Crippen molar-refractivity contribution in [3.63, 3.8) is 0 Å². The lowest BCUT2D eigenvalue weighted by molar-refractivity contribution is 0.127. The van der Waals surface area contributed by atoms with Crippen LogP contribution in [0.2, 0.25) is 0 Å². The topological polar surface area (TPSA) is 35.2 Å². The molecule has 0 unspecified atom stereocenters. The minimum Gasteiger partial charge on any atom is -0.381 e. The summed E-state index contributed by atoms with van der Waals surface area (Å²) < 4.78 is 5.46. The van der Waals surface area contributed by atoms with E-state index in [1.54, 1.807) is 0 Å². The fourth-order valence-corrected chi connectivity index (χ4v) is 1.23. The van der Waals surface area contributed by atoms with Gasteiger partial charge in [0, 0.05) is 13.2 Å². The van der Waals surface area contributed by atoms with Gasteiger partial charge in [-0.1, -0.05) is 32.6 Å². The molecule has 2 nitrogen and oxygen atoms in total. The van der Waals surface area contributed by atoms with Crippen molar-refractivity contribution in [3.8, 4) is 0 Å². The van der Waals surface area contributed by atoms with Crippen molar-refractivity contribution < 1.29 is 4.74 Å². The molecule has 80 valence electrons. The van der Waals surface area contributed by atoms with Crippen molar-refractivity contribution in [3.05, 3.63) is 0 Å². The van der Waals surface area contributed by atoms with Crippen molar-refractivity contribution in [1.29, 1.82) is 0 Å².